The molecule has 0 atom stereocenters. The summed E-state index contributed by atoms with van der Waals surface area (Å²) in [7, 11) is 0. The summed E-state index contributed by atoms with van der Waals surface area (Å²) >= 11 is 0. The van der Waals surface area contributed by atoms with Crippen LogP contribution in [-0.2, 0) is 6.42 Å². The molecule has 0 radical (unpaired) electrons. The Kier molecular flexibility index (Phi) is 7.10. The summed E-state index contributed by atoms with van der Waals surface area (Å²) in [5, 5.41) is 0. The third kappa shape index (κ3) is 5.91. The average molecular weight is 384 g/mol. The molecule has 27 heavy (non-hydrogen) atoms. The molecule has 3 nitrogen and oxygen atoms in total. The van der Waals surface area contributed by atoms with Gasteiger partial charge in [0, 0.05) is 0 Å². The Morgan fingerprint density at radius 2 is 1.56 bits per heavy atom. The van der Waals surface area contributed by atoms with Crippen LogP contribution in [0.2, 0.25) is 0 Å². The molecule has 0 saturated carbocycles. The number of allylic oxidation sites excluding steroid dienone is 1. The number of alkyl halides is 2. The van der Waals surface area contributed by atoms with E-state index in [0.29, 0.717) is 0 Å². The third-order valence-electron chi connectivity index (χ3n) is 3.53. The lowest BCUT2D eigenvalue weighted by Crippen LogP contribution is -2.32. The standard InChI is InChI=1S/C20H20F4O3/c1-3-5-6-14-7-9-15(10-8-14)27-20(23,24)13-26-17-12-11-16(25-4-2)18(21)19(17)22/h3,7-12H,1,4-6,13H2,2H3. The topological polar surface area (TPSA) is 27.7 Å². The molecule has 0 unspecified atom stereocenters. The molecule has 0 bridgehead atoms. The molecule has 0 aliphatic carbocycles. The lowest BCUT2D eigenvalue weighted by molar-refractivity contribution is -0.195. The zero-order valence-corrected chi connectivity index (χ0v) is 14.8. The van der Waals surface area contributed by atoms with E-state index in [2.05, 4.69) is 11.3 Å². The number of hydrogen-bond donors (Lipinski definition) is 0. The van der Waals surface area contributed by atoms with Gasteiger partial charge in [-0.05, 0) is 49.6 Å². The second kappa shape index (κ2) is 9.30. The molecule has 0 aromatic heterocycles. The molecule has 2 aromatic carbocycles. The maximum absolute atomic E-state index is 13.9. The second-order valence-corrected chi connectivity index (χ2v) is 5.62. The van der Waals surface area contributed by atoms with Gasteiger partial charge in [-0.1, -0.05) is 18.2 Å². The summed E-state index contributed by atoms with van der Waals surface area (Å²) in [6, 6.07) is 8.27. The average Bonchev–Trinajstić information content (AvgIpc) is 2.64. The minimum absolute atomic E-state index is 0.0655. The van der Waals surface area contributed by atoms with Crippen molar-refractivity contribution in [1.82, 2.24) is 0 Å². The van der Waals surface area contributed by atoms with E-state index < -0.39 is 30.1 Å². The molecule has 0 spiro atoms. The van der Waals surface area contributed by atoms with Crippen molar-refractivity contribution in [3.63, 3.8) is 0 Å². The first kappa shape index (κ1) is 20.6. The molecule has 0 N–H and O–H groups in total. The van der Waals surface area contributed by atoms with E-state index in [1.807, 2.05) is 0 Å². The Morgan fingerprint density at radius 3 is 2.11 bits per heavy atom. The number of benzene rings is 2. The van der Waals surface area contributed by atoms with E-state index in [1.54, 1.807) is 25.1 Å². The minimum Gasteiger partial charge on any atom is -0.491 e. The first-order valence-corrected chi connectivity index (χ1v) is 8.36. The summed E-state index contributed by atoms with van der Waals surface area (Å²) in [6.45, 7) is 4.07. The highest BCUT2D eigenvalue weighted by Gasteiger charge is 2.34. The summed E-state index contributed by atoms with van der Waals surface area (Å²) < 4.78 is 69.6. The van der Waals surface area contributed by atoms with Gasteiger partial charge in [-0.15, -0.1) is 6.58 Å². The zero-order valence-electron chi connectivity index (χ0n) is 14.8. The van der Waals surface area contributed by atoms with Gasteiger partial charge in [-0.3, -0.25) is 0 Å². The highest BCUT2D eigenvalue weighted by Crippen LogP contribution is 2.29. The monoisotopic (exact) mass is 384 g/mol. The molecule has 0 aliphatic rings. The highest BCUT2D eigenvalue weighted by atomic mass is 19.3. The van der Waals surface area contributed by atoms with Gasteiger partial charge in [-0.25, -0.2) is 0 Å². The van der Waals surface area contributed by atoms with Crippen molar-refractivity contribution in [2.24, 2.45) is 0 Å². The zero-order chi connectivity index (χ0) is 19.9. The molecule has 146 valence electrons. The Bertz CT molecular complexity index is 761. The molecule has 0 heterocycles. The van der Waals surface area contributed by atoms with Crippen LogP contribution >= 0.6 is 0 Å². The second-order valence-electron chi connectivity index (χ2n) is 5.62. The van der Waals surface area contributed by atoms with Gasteiger partial charge in [0.05, 0.1) is 6.61 Å². The molecule has 0 fully saturated rings. The van der Waals surface area contributed by atoms with E-state index in [-0.39, 0.29) is 18.1 Å². The van der Waals surface area contributed by atoms with Crippen molar-refractivity contribution in [3.05, 3.63) is 66.3 Å². The van der Waals surface area contributed by atoms with Crippen molar-refractivity contribution in [3.8, 4) is 17.2 Å². The lowest BCUT2D eigenvalue weighted by Gasteiger charge is -2.19. The quantitative estimate of drug-likeness (QED) is 0.398. The Balaban J connectivity index is 1.98. The first-order chi connectivity index (χ1) is 12.9. The molecule has 7 heteroatoms. The number of ether oxygens (including phenoxy) is 3. The molecule has 2 rings (SSSR count). The van der Waals surface area contributed by atoms with E-state index in [0.717, 1.165) is 30.5 Å². The van der Waals surface area contributed by atoms with Crippen LogP contribution in [0.3, 0.4) is 0 Å². The van der Waals surface area contributed by atoms with Crippen molar-refractivity contribution < 1.29 is 31.8 Å². The normalized spacial score (nSPS) is 11.1. The van der Waals surface area contributed by atoms with Gasteiger partial charge in [0.15, 0.2) is 18.1 Å². The predicted molar refractivity (Wildman–Crippen MR) is 93.6 cm³/mol. The summed E-state index contributed by atoms with van der Waals surface area (Å²) in [5.74, 6) is -3.73. The molecule has 0 aliphatic heterocycles. The third-order valence-corrected chi connectivity index (χ3v) is 3.53. The largest absolute Gasteiger partial charge is 0.491 e. The van der Waals surface area contributed by atoms with Crippen molar-refractivity contribution in [2.45, 2.75) is 25.9 Å². The van der Waals surface area contributed by atoms with Gasteiger partial charge in [0.25, 0.3) is 0 Å². The summed E-state index contributed by atoms with van der Waals surface area (Å²) in [4.78, 5) is 0. The van der Waals surface area contributed by atoms with Crippen LogP contribution in [0.4, 0.5) is 17.6 Å². The Hall–Kier alpha value is -2.70. The lowest BCUT2D eigenvalue weighted by atomic mass is 10.1. The van der Waals surface area contributed by atoms with Crippen LogP contribution in [0.15, 0.2) is 49.1 Å². The number of halogens is 4. The summed E-state index contributed by atoms with van der Waals surface area (Å²) in [6.07, 6.45) is -0.455. The maximum atomic E-state index is 13.9. The molecular formula is C20H20F4O3. The fourth-order valence-electron chi connectivity index (χ4n) is 2.25. The molecular weight excluding hydrogens is 364 g/mol. The van der Waals surface area contributed by atoms with E-state index in [4.69, 9.17) is 9.47 Å². The Morgan fingerprint density at radius 1 is 0.963 bits per heavy atom. The van der Waals surface area contributed by atoms with Gasteiger partial charge in [-0.2, -0.15) is 17.6 Å². The van der Waals surface area contributed by atoms with Crippen LogP contribution in [0.5, 0.6) is 17.2 Å². The first-order valence-electron chi connectivity index (χ1n) is 8.36. The van der Waals surface area contributed by atoms with Crippen molar-refractivity contribution >= 4 is 0 Å². The van der Waals surface area contributed by atoms with Crippen LogP contribution in [0.1, 0.15) is 18.9 Å². The molecule has 0 amide bonds. The Labute approximate surface area is 155 Å². The van der Waals surface area contributed by atoms with E-state index in [9.17, 15) is 17.6 Å². The molecule has 2 aromatic rings. The summed E-state index contributed by atoms with van der Waals surface area (Å²) in [5.41, 5.74) is 0.953. The predicted octanol–water partition coefficient (Wildman–Crippen LogP) is 5.53. The van der Waals surface area contributed by atoms with Crippen molar-refractivity contribution in [2.75, 3.05) is 13.2 Å². The highest BCUT2D eigenvalue weighted by molar-refractivity contribution is 5.35. The smallest absolute Gasteiger partial charge is 0.432 e. The van der Waals surface area contributed by atoms with Crippen LogP contribution in [0, 0.1) is 11.6 Å². The van der Waals surface area contributed by atoms with E-state index in [1.165, 1.54) is 12.1 Å². The number of aryl methyl sites for hydroxylation is 1. The SMILES string of the molecule is C=CCCc1ccc(OC(F)(F)COc2ccc(OCC)c(F)c2F)cc1. The maximum Gasteiger partial charge on any atom is 0.432 e. The van der Waals surface area contributed by atoms with Crippen LogP contribution in [-0.4, -0.2) is 19.3 Å². The van der Waals surface area contributed by atoms with Gasteiger partial charge < -0.3 is 14.2 Å². The number of hydrogen-bond acceptors (Lipinski definition) is 3. The fourth-order valence-corrected chi connectivity index (χ4v) is 2.25. The van der Waals surface area contributed by atoms with E-state index >= 15 is 0 Å². The van der Waals surface area contributed by atoms with Crippen LogP contribution in [0.25, 0.3) is 0 Å². The van der Waals surface area contributed by atoms with Crippen LogP contribution < -0.4 is 14.2 Å². The van der Waals surface area contributed by atoms with Crippen molar-refractivity contribution in [1.29, 1.82) is 0 Å². The van der Waals surface area contributed by atoms with Gasteiger partial charge in [0.2, 0.25) is 11.6 Å². The molecule has 0 saturated heterocycles. The number of rotatable bonds is 10. The van der Waals surface area contributed by atoms with Gasteiger partial charge >= 0.3 is 6.11 Å². The fraction of sp³-hybridized carbons (Fsp3) is 0.300. The van der Waals surface area contributed by atoms with Gasteiger partial charge in [0.1, 0.15) is 5.75 Å². The minimum atomic E-state index is -3.73.